The molecule has 3 nitrogen and oxygen atoms in total. The summed E-state index contributed by atoms with van der Waals surface area (Å²) in [6.07, 6.45) is 0. The summed E-state index contributed by atoms with van der Waals surface area (Å²) in [7, 11) is 1.67. The van der Waals surface area contributed by atoms with Crippen molar-refractivity contribution in [2.75, 3.05) is 7.11 Å². The van der Waals surface area contributed by atoms with Crippen LogP contribution in [-0.2, 0) is 11.4 Å². The number of benzene rings is 2. The maximum Gasteiger partial charge on any atom is 0.126 e. The Kier molecular flexibility index (Phi) is 2.85. The van der Waals surface area contributed by atoms with Crippen molar-refractivity contribution in [3.05, 3.63) is 42.0 Å². The highest BCUT2D eigenvalue weighted by atomic mass is 16.6. The van der Waals surface area contributed by atoms with Crippen LogP contribution in [0, 0.1) is 0 Å². The van der Waals surface area contributed by atoms with Crippen LogP contribution < -0.4 is 10.6 Å². The van der Waals surface area contributed by atoms with Crippen LogP contribution in [0.5, 0.6) is 5.75 Å². The lowest BCUT2D eigenvalue weighted by Crippen LogP contribution is -1.99. The molecule has 0 aliphatic heterocycles. The molecule has 0 bridgehead atoms. The van der Waals surface area contributed by atoms with Crippen molar-refractivity contribution >= 4 is 10.8 Å². The fourth-order valence-electron chi connectivity index (χ4n) is 1.73. The summed E-state index contributed by atoms with van der Waals surface area (Å²) in [5.74, 6) is 5.96. The van der Waals surface area contributed by atoms with Crippen LogP contribution in [0.25, 0.3) is 10.8 Å². The molecule has 15 heavy (non-hydrogen) atoms. The van der Waals surface area contributed by atoms with E-state index in [0.717, 1.165) is 22.1 Å². The molecule has 0 unspecified atom stereocenters. The van der Waals surface area contributed by atoms with Gasteiger partial charge in [0, 0.05) is 5.39 Å². The molecule has 0 aromatic heterocycles. The molecule has 2 aromatic carbocycles. The first-order valence-electron chi connectivity index (χ1n) is 4.73. The maximum absolute atomic E-state index is 5.29. The third-order valence-electron chi connectivity index (χ3n) is 2.43. The lowest BCUT2D eigenvalue weighted by molar-refractivity contribution is 0.125. The lowest BCUT2D eigenvalue weighted by atomic mass is 10.0. The number of fused-ring (bicyclic) bond motifs is 1. The zero-order chi connectivity index (χ0) is 10.7. The highest BCUT2D eigenvalue weighted by Gasteiger charge is 2.05. The number of nitrogens with two attached hydrogens (primary N) is 1. The normalized spacial score (nSPS) is 10.5. The Balaban J connectivity index is 2.66. The van der Waals surface area contributed by atoms with Gasteiger partial charge in [-0.1, -0.05) is 30.3 Å². The van der Waals surface area contributed by atoms with Crippen molar-refractivity contribution < 1.29 is 9.57 Å². The largest absolute Gasteiger partial charge is 0.496 e. The van der Waals surface area contributed by atoms with Gasteiger partial charge in [0.2, 0.25) is 0 Å². The van der Waals surface area contributed by atoms with Crippen molar-refractivity contribution in [2.24, 2.45) is 5.90 Å². The Morgan fingerprint density at radius 3 is 2.47 bits per heavy atom. The van der Waals surface area contributed by atoms with E-state index in [0.29, 0.717) is 6.61 Å². The van der Waals surface area contributed by atoms with Gasteiger partial charge in [-0.3, -0.25) is 4.84 Å². The van der Waals surface area contributed by atoms with Gasteiger partial charge < -0.3 is 4.74 Å². The monoisotopic (exact) mass is 203 g/mol. The van der Waals surface area contributed by atoms with E-state index in [1.165, 1.54) is 0 Å². The molecule has 0 aliphatic rings. The average molecular weight is 203 g/mol. The first-order chi connectivity index (χ1) is 7.36. The van der Waals surface area contributed by atoms with Crippen molar-refractivity contribution in [3.8, 4) is 5.75 Å². The molecule has 0 saturated heterocycles. The summed E-state index contributed by atoms with van der Waals surface area (Å²) in [4.78, 5) is 4.67. The van der Waals surface area contributed by atoms with E-state index in [2.05, 4.69) is 4.84 Å². The van der Waals surface area contributed by atoms with E-state index in [-0.39, 0.29) is 0 Å². The fourth-order valence-corrected chi connectivity index (χ4v) is 1.73. The van der Waals surface area contributed by atoms with Crippen LogP contribution in [0.3, 0.4) is 0 Å². The average Bonchev–Trinajstić information content (AvgIpc) is 2.30. The van der Waals surface area contributed by atoms with Gasteiger partial charge in [-0.05, 0) is 17.0 Å². The van der Waals surface area contributed by atoms with Crippen molar-refractivity contribution in [2.45, 2.75) is 6.61 Å². The summed E-state index contributed by atoms with van der Waals surface area (Å²) < 4.78 is 5.29. The molecule has 0 heterocycles. The molecule has 0 amide bonds. The minimum absolute atomic E-state index is 0.407. The molecular formula is C12H13NO2. The van der Waals surface area contributed by atoms with Gasteiger partial charge in [0.25, 0.3) is 0 Å². The van der Waals surface area contributed by atoms with Crippen LogP contribution in [0.15, 0.2) is 36.4 Å². The maximum atomic E-state index is 5.29. The van der Waals surface area contributed by atoms with Crippen molar-refractivity contribution in [1.82, 2.24) is 0 Å². The minimum atomic E-state index is 0.407. The Morgan fingerprint density at radius 1 is 1.07 bits per heavy atom. The van der Waals surface area contributed by atoms with Gasteiger partial charge >= 0.3 is 0 Å². The predicted octanol–water partition coefficient (Wildman–Crippen LogP) is 2.24. The van der Waals surface area contributed by atoms with Gasteiger partial charge in [0.15, 0.2) is 0 Å². The molecule has 0 saturated carbocycles. The fraction of sp³-hybridized carbons (Fsp3) is 0.167. The summed E-state index contributed by atoms with van der Waals surface area (Å²) in [5.41, 5.74) is 1.06. The molecule has 0 aliphatic carbocycles. The molecule has 0 atom stereocenters. The molecule has 0 fully saturated rings. The van der Waals surface area contributed by atoms with E-state index in [1.54, 1.807) is 7.11 Å². The number of rotatable bonds is 3. The van der Waals surface area contributed by atoms with E-state index in [4.69, 9.17) is 10.6 Å². The second-order valence-corrected chi connectivity index (χ2v) is 3.28. The van der Waals surface area contributed by atoms with E-state index < -0.39 is 0 Å². The molecule has 0 radical (unpaired) electrons. The van der Waals surface area contributed by atoms with Gasteiger partial charge in [-0.2, -0.15) is 0 Å². The molecule has 2 rings (SSSR count). The third kappa shape index (κ3) is 1.79. The Labute approximate surface area is 88.4 Å². The molecule has 0 spiro atoms. The summed E-state index contributed by atoms with van der Waals surface area (Å²) in [6, 6.07) is 11.9. The first-order valence-corrected chi connectivity index (χ1v) is 4.73. The lowest BCUT2D eigenvalue weighted by Gasteiger charge is -2.09. The van der Waals surface area contributed by atoms with Gasteiger partial charge in [-0.25, -0.2) is 5.90 Å². The second-order valence-electron chi connectivity index (χ2n) is 3.28. The zero-order valence-corrected chi connectivity index (χ0v) is 8.57. The van der Waals surface area contributed by atoms with Gasteiger partial charge in [0.1, 0.15) is 5.75 Å². The van der Waals surface area contributed by atoms with Crippen LogP contribution >= 0.6 is 0 Å². The van der Waals surface area contributed by atoms with Crippen LogP contribution in [-0.4, -0.2) is 7.11 Å². The van der Waals surface area contributed by atoms with Crippen LogP contribution in [0.2, 0.25) is 0 Å². The predicted molar refractivity (Wildman–Crippen MR) is 59.5 cm³/mol. The number of methoxy groups -OCH3 is 1. The highest BCUT2D eigenvalue weighted by molar-refractivity contribution is 5.90. The summed E-state index contributed by atoms with van der Waals surface area (Å²) in [6.45, 7) is 0.407. The third-order valence-corrected chi connectivity index (χ3v) is 2.43. The van der Waals surface area contributed by atoms with Crippen molar-refractivity contribution in [1.29, 1.82) is 0 Å². The van der Waals surface area contributed by atoms with Crippen LogP contribution in [0.4, 0.5) is 0 Å². The zero-order valence-electron chi connectivity index (χ0n) is 8.57. The Hall–Kier alpha value is -1.58. The molecule has 2 N–H and O–H groups in total. The topological polar surface area (TPSA) is 44.5 Å². The number of hydrogen-bond acceptors (Lipinski definition) is 3. The van der Waals surface area contributed by atoms with E-state index in [9.17, 15) is 0 Å². The molecule has 2 aromatic rings. The van der Waals surface area contributed by atoms with E-state index in [1.807, 2.05) is 36.4 Å². The molecular weight excluding hydrogens is 190 g/mol. The SMILES string of the molecule is COc1ccc(CON)c2ccccc12. The van der Waals surface area contributed by atoms with Gasteiger partial charge in [-0.15, -0.1) is 0 Å². The Morgan fingerprint density at radius 2 is 1.80 bits per heavy atom. The Bertz CT molecular complexity index is 468. The smallest absolute Gasteiger partial charge is 0.126 e. The first kappa shape index (κ1) is 9.96. The summed E-state index contributed by atoms with van der Waals surface area (Å²) in [5, 5.41) is 2.19. The van der Waals surface area contributed by atoms with Crippen molar-refractivity contribution in [3.63, 3.8) is 0 Å². The minimum Gasteiger partial charge on any atom is -0.496 e. The quantitative estimate of drug-likeness (QED) is 0.778. The number of hydrogen-bond donors (Lipinski definition) is 1. The van der Waals surface area contributed by atoms with E-state index >= 15 is 0 Å². The second kappa shape index (κ2) is 4.29. The molecule has 3 heteroatoms. The molecule has 78 valence electrons. The standard InChI is InChI=1S/C12H13NO2/c1-14-12-7-6-9(8-15-13)10-4-2-3-5-11(10)12/h2-7H,8,13H2,1H3. The summed E-state index contributed by atoms with van der Waals surface area (Å²) >= 11 is 0. The van der Waals surface area contributed by atoms with Gasteiger partial charge in [0.05, 0.1) is 13.7 Å². The highest BCUT2D eigenvalue weighted by Crippen LogP contribution is 2.28. The number of ether oxygens (including phenoxy) is 1. The van der Waals surface area contributed by atoms with Crippen LogP contribution in [0.1, 0.15) is 5.56 Å².